The Labute approximate surface area is 217 Å². The lowest BCUT2D eigenvalue weighted by molar-refractivity contribution is -0.405. The molecule has 1 aliphatic heterocycles. The Morgan fingerprint density at radius 1 is 1.17 bits per heavy atom. The van der Waals surface area contributed by atoms with Crippen LogP contribution in [0.5, 0.6) is 0 Å². The van der Waals surface area contributed by atoms with Crippen LogP contribution in [0.1, 0.15) is 75.9 Å². The first-order chi connectivity index (χ1) is 17.0. The van der Waals surface area contributed by atoms with Crippen LogP contribution >= 0.6 is 11.3 Å². The highest BCUT2D eigenvalue weighted by Crippen LogP contribution is 2.73. The molecule has 1 aromatic heterocycles. The highest BCUT2D eigenvalue weighted by Gasteiger charge is 2.74. The van der Waals surface area contributed by atoms with Gasteiger partial charge in [0.2, 0.25) is 0 Å². The smallest absolute Gasteiger partial charge is 0.348 e. The first kappa shape index (κ1) is 24.6. The SMILES string of the molecule is C=C1[C@@H]2CC3C4[C@@H](CC5C3(COC(C)=O)CCC[C@@]5(C)COC(=O)c3cccs3)OC(C)(C)O[C@]14C2. The van der Waals surface area contributed by atoms with E-state index < -0.39 is 5.79 Å². The molecule has 5 aliphatic carbocycles. The number of hydrogen-bond acceptors (Lipinski definition) is 7. The molecule has 4 unspecified atom stereocenters. The standard InChI is InChI=1S/C29H38O6S/c1-17-19-12-20-24-21(34-26(3,4)35-29(17,24)14-19)13-23-27(5,15-33-25(31)22-8-6-11-36-22)9-7-10-28(20,23)16-32-18(2)30/h6,8,11,19-21,23-24H,1,7,9-10,12-16H2,2-5H3/t19-,20?,21-,23?,24?,27+,28?,29-/m1/s1. The Morgan fingerprint density at radius 2 is 1.97 bits per heavy atom. The molecule has 1 aromatic rings. The Bertz CT molecular complexity index is 1080. The maximum absolute atomic E-state index is 12.8. The topological polar surface area (TPSA) is 71.1 Å². The lowest BCUT2D eigenvalue weighted by Gasteiger charge is -2.74. The van der Waals surface area contributed by atoms with Gasteiger partial charge in [-0.3, -0.25) is 4.79 Å². The summed E-state index contributed by atoms with van der Waals surface area (Å²) in [6.07, 6.45) is 5.94. The van der Waals surface area contributed by atoms with Crippen LogP contribution in [0.4, 0.5) is 0 Å². The number of fused-ring (bicyclic) bond motifs is 1. The van der Waals surface area contributed by atoms with Crippen molar-refractivity contribution < 1.29 is 28.5 Å². The molecular formula is C29H38O6S. The zero-order valence-corrected chi connectivity index (χ0v) is 22.7. The number of ether oxygens (including phenoxy) is 4. The van der Waals surface area contributed by atoms with Gasteiger partial charge in [0.05, 0.1) is 24.9 Å². The van der Waals surface area contributed by atoms with Crippen LogP contribution in [-0.2, 0) is 23.7 Å². The van der Waals surface area contributed by atoms with Gasteiger partial charge in [0.25, 0.3) is 0 Å². The molecule has 7 heteroatoms. The van der Waals surface area contributed by atoms with Crippen molar-refractivity contribution in [2.24, 2.45) is 34.5 Å². The quantitative estimate of drug-likeness (QED) is 0.367. The highest BCUT2D eigenvalue weighted by atomic mass is 32.1. The third-order valence-electron chi connectivity index (χ3n) is 10.3. The van der Waals surface area contributed by atoms with Gasteiger partial charge >= 0.3 is 11.9 Å². The van der Waals surface area contributed by atoms with E-state index in [-0.39, 0.29) is 46.3 Å². The summed E-state index contributed by atoms with van der Waals surface area (Å²) < 4.78 is 25.2. The van der Waals surface area contributed by atoms with E-state index in [9.17, 15) is 9.59 Å². The zero-order chi connectivity index (χ0) is 25.5. The summed E-state index contributed by atoms with van der Waals surface area (Å²) in [6.45, 7) is 13.1. The second-order valence-electron chi connectivity index (χ2n) is 12.7. The van der Waals surface area contributed by atoms with Crippen molar-refractivity contribution in [3.05, 3.63) is 34.5 Å². The van der Waals surface area contributed by atoms with E-state index in [1.54, 1.807) is 0 Å². The van der Waals surface area contributed by atoms with E-state index in [1.165, 1.54) is 23.8 Å². The maximum Gasteiger partial charge on any atom is 0.348 e. The summed E-state index contributed by atoms with van der Waals surface area (Å²) in [4.78, 5) is 25.5. The molecular weight excluding hydrogens is 476 g/mol. The van der Waals surface area contributed by atoms with E-state index in [4.69, 9.17) is 18.9 Å². The molecule has 7 rings (SSSR count). The number of carbonyl (C=O) groups is 2. The largest absolute Gasteiger partial charge is 0.465 e. The maximum atomic E-state index is 12.8. The molecule has 0 aromatic carbocycles. The predicted octanol–water partition coefficient (Wildman–Crippen LogP) is 5.77. The van der Waals surface area contributed by atoms with E-state index in [0.717, 1.165) is 38.5 Å². The van der Waals surface area contributed by atoms with Crippen molar-refractivity contribution in [3.63, 3.8) is 0 Å². The second-order valence-corrected chi connectivity index (χ2v) is 13.7. The van der Waals surface area contributed by atoms with Crippen molar-refractivity contribution in [2.45, 2.75) is 83.7 Å². The molecule has 6 aliphatic rings. The van der Waals surface area contributed by atoms with Crippen molar-refractivity contribution in [3.8, 4) is 0 Å². The molecule has 8 atom stereocenters. The molecule has 5 saturated carbocycles. The number of rotatable bonds is 5. The highest BCUT2D eigenvalue weighted by molar-refractivity contribution is 7.11. The molecule has 36 heavy (non-hydrogen) atoms. The molecule has 0 radical (unpaired) electrons. The summed E-state index contributed by atoms with van der Waals surface area (Å²) in [5.74, 6) is 0.00623. The molecule has 6 fully saturated rings. The lowest BCUT2D eigenvalue weighted by atomic mass is 9.36. The van der Waals surface area contributed by atoms with Gasteiger partial charge in [-0.2, -0.15) is 0 Å². The van der Waals surface area contributed by atoms with Crippen LogP contribution in [0, 0.1) is 34.5 Å². The molecule has 6 nitrogen and oxygen atoms in total. The van der Waals surface area contributed by atoms with Crippen molar-refractivity contribution in [2.75, 3.05) is 13.2 Å². The average Bonchev–Trinajstić information content (AvgIpc) is 3.36. The van der Waals surface area contributed by atoms with Gasteiger partial charge in [-0.1, -0.05) is 26.0 Å². The van der Waals surface area contributed by atoms with Crippen LogP contribution in [0.2, 0.25) is 0 Å². The molecule has 1 saturated heterocycles. The Kier molecular flexibility index (Phi) is 5.57. The van der Waals surface area contributed by atoms with E-state index in [0.29, 0.717) is 29.9 Å². The molecule has 2 heterocycles. The van der Waals surface area contributed by atoms with Gasteiger partial charge in [0.15, 0.2) is 5.79 Å². The van der Waals surface area contributed by atoms with E-state index in [1.807, 2.05) is 31.4 Å². The van der Waals surface area contributed by atoms with Crippen LogP contribution in [0.15, 0.2) is 29.7 Å². The van der Waals surface area contributed by atoms with Crippen LogP contribution < -0.4 is 0 Å². The van der Waals surface area contributed by atoms with Crippen molar-refractivity contribution >= 4 is 23.3 Å². The van der Waals surface area contributed by atoms with Crippen LogP contribution in [-0.4, -0.2) is 42.6 Å². The molecule has 196 valence electrons. The number of thiophene rings is 1. The molecule has 0 N–H and O–H groups in total. The number of hydrogen-bond donors (Lipinski definition) is 0. The molecule has 1 spiro atoms. The van der Waals surface area contributed by atoms with Crippen LogP contribution in [0.3, 0.4) is 0 Å². The first-order valence-electron chi connectivity index (χ1n) is 13.4. The minimum Gasteiger partial charge on any atom is -0.465 e. The minimum absolute atomic E-state index is 0.0395. The fourth-order valence-electron chi connectivity index (χ4n) is 9.05. The minimum atomic E-state index is -0.677. The number of esters is 2. The van der Waals surface area contributed by atoms with E-state index >= 15 is 0 Å². The molecule has 0 amide bonds. The summed E-state index contributed by atoms with van der Waals surface area (Å²) >= 11 is 1.41. The summed E-state index contributed by atoms with van der Waals surface area (Å²) in [7, 11) is 0. The number of carbonyl (C=O) groups excluding carboxylic acids is 2. The Hall–Kier alpha value is -1.70. The zero-order valence-electron chi connectivity index (χ0n) is 21.8. The Morgan fingerprint density at radius 3 is 2.67 bits per heavy atom. The van der Waals surface area contributed by atoms with Crippen molar-refractivity contribution in [1.82, 2.24) is 0 Å². The normalized spacial score (nSPS) is 44.0. The first-order valence-corrected chi connectivity index (χ1v) is 14.3. The monoisotopic (exact) mass is 514 g/mol. The second kappa shape index (κ2) is 8.15. The van der Waals surface area contributed by atoms with E-state index in [2.05, 4.69) is 13.5 Å². The molecule has 2 bridgehead atoms. The van der Waals surface area contributed by atoms with Crippen LogP contribution in [0.25, 0.3) is 0 Å². The Balaban J connectivity index is 1.37. The van der Waals surface area contributed by atoms with Gasteiger partial charge in [0.1, 0.15) is 4.88 Å². The summed E-state index contributed by atoms with van der Waals surface area (Å²) in [5.41, 5.74) is 0.477. The van der Waals surface area contributed by atoms with Gasteiger partial charge in [0, 0.05) is 23.7 Å². The van der Waals surface area contributed by atoms with Gasteiger partial charge in [-0.15, -0.1) is 11.3 Å². The average molecular weight is 515 g/mol. The summed E-state index contributed by atoms with van der Waals surface area (Å²) in [5, 5.41) is 1.90. The van der Waals surface area contributed by atoms with Crippen molar-refractivity contribution in [1.29, 1.82) is 0 Å². The van der Waals surface area contributed by atoms with Gasteiger partial charge < -0.3 is 18.9 Å². The third-order valence-corrected chi connectivity index (χ3v) is 11.1. The van der Waals surface area contributed by atoms with Gasteiger partial charge in [-0.05, 0) is 80.7 Å². The third kappa shape index (κ3) is 3.48. The lowest BCUT2D eigenvalue weighted by Crippen LogP contribution is -2.76. The fraction of sp³-hybridized carbons (Fsp3) is 0.724. The fourth-order valence-corrected chi connectivity index (χ4v) is 9.67. The summed E-state index contributed by atoms with van der Waals surface area (Å²) in [6, 6.07) is 3.68. The predicted molar refractivity (Wildman–Crippen MR) is 135 cm³/mol. The van der Waals surface area contributed by atoms with Gasteiger partial charge in [-0.25, -0.2) is 4.79 Å².